The molecule has 0 radical (unpaired) electrons. The van der Waals surface area contributed by atoms with Gasteiger partial charge in [0.1, 0.15) is 14.8 Å². The van der Waals surface area contributed by atoms with E-state index < -0.39 is 12.1 Å². The Labute approximate surface area is 116 Å². The van der Waals surface area contributed by atoms with Crippen LogP contribution in [0.25, 0.3) is 0 Å². The Balaban J connectivity index is 2.89. The Kier molecular flexibility index (Phi) is 5.61. The smallest absolute Gasteiger partial charge is 0.343 e. The Morgan fingerprint density at radius 3 is 2.76 bits per heavy atom. The number of nitrogens with zero attached hydrogens (tertiary/aromatic N) is 2. The van der Waals surface area contributed by atoms with E-state index >= 15 is 0 Å². The lowest BCUT2D eigenvalue weighted by atomic mass is 10.3. The van der Waals surface area contributed by atoms with Crippen LogP contribution in [0.15, 0.2) is 9.21 Å². The Morgan fingerprint density at radius 2 is 2.24 bits per heavy atom. The summed E-state index contributed by atoms with van der Waals surface area (Å²) in [4.78, 5) is 11.7. The normalized spacial score (nSPS) is 12.5. The lowest BCUT2D eigenvalue weighted by Crippen LogP contribution is -2.09. The van der Waals surface area contributed by atoms with Gasteiger partial charge in [-0.25, -0.2) is 4.79 Å². The molecule has 1 atom stereocenters. The standard InChI is InChI=1S/C10H14Br2N2O3/c1-3-17-10(16)7-8(11)13-14(9(7)12)5-4-6(2)15/h6,15H,3-5H2,1-2H3/t6-/m1/s1. The molecule has 0 bridgehead atoms. The van der Waals surface area contributed by atoms with Crippen molar-refractivity contribution in [2.75, 3.05) is 6.61 Å². The predicted octanol–water partition coefficient (Wildman–Crippen LogP) is 2.36. The number of rotatable bonds is 5. The molecule has 1 aromatic rings. The summed E-state index contributed by atoms with van der Waals surface area (Å²) in [6.45, 7) is 4.29. The molecule has 0 aliphatic carbocycles. The average molecular weight is 370 g/mol. The van der Waals surface area contributed by atoms with Crippen LogP contribution >= 0.6 is 31.9 Å². The molecule has 0 aliphatic rings. The van der Waals surface area contributed by atoms with Crippen LogP contribution in [0.3, 0.4) is 0 Å². The van der Waals surface area contributed by atoms with Gasteiger partial charge in [-0.15, -0.1) is 0 Å². The summed E-state index contributed by atoms with van der Waals surface area (Å²) in [5.41, 5.74) is 0.373. The van der Waals surface area contributed by atoms with Crippen LogP contribution in [0.1, 0.15) is 30.6 Å². The number of carbonyl (C=O) groups excluding carboxylic acids is 1. The van der Waals surface area contributed by atoms with Crippen LogP contribution in [0, 0.1) is 0 Å². The second kappa shape index (κ2) is 6.51. The van der Waals surface area contributed by atoms with E-state index in [-0.39, 0.29) is 0 Å². The quantitative estimate of drug-likeness (QED) is 0.809. The van der Waals surface area contributed by atoms with E-state index in [1.54, 1.807) is 18.5 Å². The van der Waals surface area contributed by atoms with Crippen molar-refractivity contribution in [1.29, 1.82) is 0 Å². The molecule has 96 valence electrons. The number of halogens is 2. The van der Waals surface area contributed by atoms with E-state index in [0.717, 1.165) is 0 Å². The van der Waals surface area contributed by atoms with Gasteiger partial charge in [0.05, 0.1) is 12.7 Å². The van der Waals surface area contributed by atoms with Gasteiger partial charge in [-0.2, -0.15) is 5.10 Å². The van der Waals surface area contributed by atoms with Gasteiger partial charge >= 0.3 is 5.97 Å². The number of aryl methyl sites for hydroxylation is 1. The predicted molar refractivity (Wildman–Crippen MR) is 69.9 cm³/mol. The zero-order chi connectivity index (χ0) is 13.0. The summed E-state index contributed by atoms with van der Waals surface area (Å²) in [6, 6.07) is 0. The van der Waals surface area contributed by atoms with Gasteiger partial charge in [0.2, 0.25) is 0 Å². The topological polar surface area (TPSA) is 64.3 Å². The van der Waals surface area contributed by atoms with Crippen molar-refractivity contribution in [2.24, 2.45) is 0 Å². The van der Waals surface area contributed by atoms with Gasteiger partial charge in [-0.3, -0.25) is 4.68 Å². The molecular formula is C10H14Br2N2O3. The summed E-state index contributed by atoms with van der Waals surface area (Å²) >= 11 is 6.53. The SMILES string of the molecule is CCOC(=O)c1c(Br)nn(CC[C@@H](C)O)c1Br. The highest BCUT2D eigenvalue weighted by molar-refractivity contribution is 9.11. The molecule has 1 N–H and O–H groups in total. The number of aliphatic hydroxyl groups excluding tert-OH is 1. The second-order valence-electron chi connectivity index (χ2n) is 3.54. The molecule has 0 unspecified atom stereocenters. The maximum atomic E-state index is 11.7. The molecular weight excluding hydrogens is 356 g/mol. The van der Waals surface area contributed by atoms with Crippen molar-refractivity contribution in [3.05, 3.63) is 14.8 Å². The number of aliphatic hydroxyl groups is 1. The monoisotopic (exact) mass is 368 g/mol. The highest BCUT2D eigenvalue weighted by Gasteiger charge is 2.21. The van der Waals surface area contributed by atoms with Crippen molar-refractivity contribution in [3.63, 3.8) is 0 Å². The Morgan fingerprint density at radius 1 is 1.59 bits per heavy atom. The molecule has 0 aliphatic heterocycles. The third kappa shape index (κ3) is 3.79. The van der Waals surface area contributed by atoms with Crippen LogP contribution in [0.2, 0.25) is 0 Å². The fraction of sp³-hybridized carbons (Fsp3) is 0.600. The van der Waals surface area contributed by atoms with Gasteiger partial charge in [0.25, 0.3) is 0 Å². The Bertz CT molecular complexity index is 405. The number of hydrogen-bond acceptors (Lipinski definition) is 4. The molecule has 0 amide bonds. The fourth-order valence-corrected chi connectivity index (χ4v) is 2.66. The first-order chi connectivity index (χ1) is 7.97. The number of hydrogen-bond donors (Lipinski definition) is 1. The van der Waals surface area contributed by atoms with Crippen molar-refractivity contribution in [3.8, 4) is 0 Å². The summed E-state index contributed by atoms with van der Waals surface area (Å²) in [6.07, 6.45) is 0.158. The molecule has 1 rings (SSSR count). The van der Waals surface area contributed by atoms with Gasteiger partial charge in [0, 0.05) is 6.54 Å². The molecule has 7 heteroatoms. The van der Waals surface area contributed by atoms with Crippen molar-refractivity contribution in [1.82, 2.24) is 9.78 Å². The van der Waals surface area contributed by atoms with Gasteiger partial charge < -0.3 is 9.84 Å². The number of ether oxygens (including phenoxy) is 1. The molecule has 1 heterocycles. The minimum atomic E-state index is -0.422. The molecule has 0 spiro atoms. The van der Waals surface area contributed by atoms with Gasteiger partial charge in [-0.05, 0) is 52.1 Å². The number of aromatic nitrogens is 2. The van der Waals surface area contributed by atoms with Crippen molar-refractivity contribution in [2.45, 2.75) is 32.9 Å². The van der Waals surface area contributed by atoms with Crippen LogP contribution in [0.4, 0.5) is 0 Å². The fourth-order valence-electron chi connectivity index (χ4n) is 1.24. The molecule has 0 aromatic carbocycles. The third-order valence-corrected chi connectivity index (χ3v) is 3.45. The summed E-state index contributed by atoms with van der Waals surface area (Å²) in [5.74, 6) is -0.422. The van der Waals surface area contributed by atoms with E-state index in [9.17, 15) is 9.90 Å². The molecule has 0 saturated heterocycles. The first-order valence-electron chi connectivity index (χ1n) is 5.24. The lowest BCUT2D eigenvalue weighted by molar-refractivity contribution is 0.0524. The molecule has 1 aromatic heterocycles. The highest BCUT2D eigenvalue weighted by Crippen LogP contribution is 2.26. The highest BCUT2D eigenvalue weighted by atomic mass is 79.9. The maximum Gasteiger partial charge on any atom is 0.343 e. The third-order valence-electron chi connectivity index (χ3n) is 2.09. The van der Waals surface area contributed by atoms with Gasteiger partial charge in [0.15, 0.2) is 0 Å². The van der Waals surface area contributed by atoms with Crippen LogP contribution in [-0.2, 0) is 11.3 Å². The van der Waals surface area contributed by atoms with Crippen LogP contribution in [0.5, 0.6) is 0 Å². The van der Waals surface area contributed by atoms with E-state index in [4.69, 9.17) is 4.74 Å². The first kappa shape index (κ1) is 14.7. The van der Waals surface area contributed by atoms with Crippen molar-refractivity contribution < 1.29 is 14.6 Å². The zero-order valence-corrected chi connectivity index (χ0v) is 12.8. The van der Waals surface area contributed by atoms with Crippen molar-refractivity contribution >= 4 is 37.8 Å². The average Bonchev–Trinajstić information content (AvgIpc) is 2.51. The maximum absolute atomic E-state index is 11.7. The van der Waals surface area contributed by atoms with E-state index in [2.05, 4.69) is 37.0 Å². The summed E-state index contributed by atoms with van der Waals surface area (Å²) < 4.78 is 7.54. The number of esters is 1. The zero-order valence-electron chi connectivity index (χ0n) is 9.61. The largest absolute Gasteiger partial charge is 0.462 e. The van der Waals surface area contributed by atoms with Crippen LogP contribution in [-0.4, -0.2) is 33.6 Å². The summed E-state index contributed by atoms with van der Waals surface area (Å²) in [5, 5.41) is 13.4. The van der Waals surface area contributed by atoms with E-state index in [1.165, 1.54) is 0 Å². The molecule has 0 saturated carbocycles. The second-order valence-corrected chi connectivity index (χ2v) is 5.04. The van der Waals surface area contributed by atoms with E-state index in [0.29, 0.717) is 34.3 Å². The minimum Gasteiger partial charge on any atom is -0.462 e. The van der Waals surface area contributed by atoms with E-state index in [1.807, 2.05) is 0 Å². The number of carbonyl (C=O) groups is 1. The molecule has 0 fully saturated rings. The first-order valence-corrected chi connectivity index (χ1v) is 6.83. The van der Waals surface area contributed by atoms with Gasteiger partial charge in [-0.1, -0.05) is 0 Å². The minimum absolute atomic E-state index is 0.316. The lowest BCUT2D eigenvalue weighted by Gasteiger charge is -2.05. The molecule has 5 nitrogen and oxygen atoms in total. The molecule has 17 heavy (non-hydrogen) atoms. The Hall–Kier alpha value is -0.400. The van der Waals surface area contributed by atoms with Crippen LogP contribution < -0.4 is 0 Å². The summed E-state index contributed by atoms with van der Waals surface area (Å²) in [7, 11) is 0.